The monoisotopic (exact) mass is 199 g/mol. The average Bonchev–Trinajstić information content (AvgIpc) is 1.80. The number of halogens is 1. The minimum absolute atomic E-state index is 0.270. The van der Waals surface area contributed by atoms with Crippen molar-refractivity contribution in [3.05, 3.63) is 0 Å². The van der Waals surface area contributed by atoms with Gasteiger partial charge < -0.3 is 0 Å². The van der Waals surface area contributed by atoms with Crippen LogP contribution in [0.5, 0.6) is 0 Å². The molecule has 0 aliphatic heterocycles. The third kappa shape index (κ3) is 8.32. The Hall–Kier alpha value is 0.320. The van der Waals surface area contributed by atoms with Gasteiger partial charge in [0.05, 0.1) is 12.0 Å². The van der Waals surface area contributed by atoms with Gasteiger partial charge in [-0.3, -0.25) is 15.3 Å². The van der Waals surface area contributed by atoms with Gasteiger partial charge >= 0.3 is 0 Å². The number of unbranched alkanes of at least 4 members (excludes halogenated alkanes) is 1. The van der Waals surface area contributed by atoms with Crippen LogP contribution in [0.25, 0.3) is 0 Å². The van der Waals surface area contributed by atoms with Crippen LogP contribution in [0.15, 0.2) is 0 Å². The minimum atomic E-state index is -0.270. The topological polar surface area (TPSA) is 52.9 Å². The molecule has 56 valence electrons. The molecule has 0 heterocycles. The van der Waals surface area contributed by atoms with E-state index in [-0.39, 0.29) is 5.39 Å². The van der Waals surface area contributed by atoms with Gasteiger partial charge in [0.15, 0.2) is 0 Å². The molecule has 0 bridgehead atoms. The second-order valence-electron chi connectivity index (χ2n) is 1.48. The zero-order valence-corrected chi connectivity index (χ0v) is 6.54. The van der Waals surface area contributed by atoms with E-state index in [1.807, 2.05) is 0 Å². The van der Waals surface area contributed by atoms with Crippen LogP contribution < -0.4 is 0 Å². The van der Waals surface area contributed by atoms with Gasteiger partial charge in [-0.15, -0.1) is 0 Å². The standard InChI is InChI=1S/C4H10BrNO3/c5-3-1-2-4-9-6(7)8/h7-8H,1-4H2. The van der Waals surface area contributed by atoms with Gasteiger partial charge in [-0.2, -0.15) is 0 Å². The van der Waals surface area contributed by atoms with E-state index in [1.165, 1.54) is 0 Å². The molecule has 0 spiro atoms. The van der Waals surface area contributed by atoms with E-state index in [4.69, 9.17) is 10.4 Å². The molecular weight excluding hydrogens is 190 g/mol. The predicted molar refractivity (Wildman–Crippen MR) is 34.4 cm³/mol. The summed E-state index contributed by atoms with van der Waals surface area (Å²) in [6.45, 7) is 0.332. The molecule has 0 aromatic rings. The Balaban J connectivity index is 2.75. The first kappa shape index (κ1) is 9.32. The lowest BCUT2D eigenvalue weighted by molar-refractivity contribution is -0.492. The van der Waals surface area contributed by atoms with Crippen LogP contribution in [-0.2, 0) is 4.84 Å². The zero-order chi connectivity index (χ0) is 7.11. The van der Waals surface area contributed by atoms with Crippen molar-refractivity contribution in [2.45, 2.75) is 12.8 Å². The molecule has 0 amide bonds. The second-order valence-corrected chi connectivity index (χ2v) is 2.28. The molecule has 2 N–H and O–H groups in total. The van der Waals surface area contributed by atoms with Gasteiger partial charge in [0, 0.05) is 5.33 Å². The van der Waals surface area contributed by atoms with Crippen molar-refractivity contribution < 1.29 is 15.3 Å². The third-order valence-electron chi connectivity index (χ3n) is 0.735. The molecule has 9 heavy (non-hydrogen) atoms. The molecule has 0 aliphatic carbocycles. The second kappa shape index (κ2) is 6.44. The summed E-state index contributed by atoms with van der Waals surface area (Å²) in [4.78, 5) is 4.27. The summed E-state index contributed by atoms with van der Waals surface area (Å²) in [5, 5.41) is 16.7. The number of alkyl halides is 1. The van der Waals surface area contributed by atoms with E-state index in [0.717, 1.165) is 18.2 Å². The van der Waals surface area contributed by atoms with Crippen LogP contribution >= 0.6 is 15.9 Å². The number of hydrogen-bond donors (Lipinski definition) is 2. The van der Waals surface area contributed by atoms with E-state index in [1.54, 1.807) is 0 Å². The van der Waals surface area contributed by atoms with E-state index >= 15 is 0 Å². The first-order valence-corrected chi connectivity index (χ1v) is 3.76. The van der Waals surface area contributed by atoms with Crippen molar-refractivity contribution >= 4 is 15.9 Å². The lowest BCUT2D eigenvalue weighted by Gasteiger charge is -2.03. The SMILES string of the molecule is ON(O)OCCCCBr. The van der Waals surface area contributed by atoms with Crippen molar-refractivity contribution in [3.63, 3.8) is 0 Å². The van der Waals surface area contributed by atoms with Gasteiger partial charge in [0.2, 0.25) is 0 Å². The lowest BCUT2D eigenvalue weighted by Crippen LogP contribution is -2.14. The third-order valence-corrected chi connectivity index (χ3v) is 1.30. The molecule has 0 aromatic carbocycles. The largest absolute Gasteiger partial charge is 0.266 e. The minimum Gasteiger partial charge on any atom is -0.266 e. The van der Waals surface area contributed by atoms with Gasteiger partial charge in [0.25, 0.3) is 0 Å². The Kier molecular flexibility index (Phi) is 6.67. The summed E-state index contributed by atoms with van der Waals surface area (Å²) in [5.74, 6) is 0. The summed E-state index contributed by atoms with van der Waals surface area (Å²) in [5.41, 5.74) is 0. The summed E-state index contributed by atoms with van der Waals surface area (Å²) >= 11 is 3.22. The Morgan fingerprint density at radius 3 is 2.44 bits per heavy atom. The first-order valence-electron chi connectivity index (χ1n) is 2.64. The highest BCUT2D eigenvalue weighted by Crippen LogP contribution is 1.94. The Morgan fingerprint density at radius 1 is 1.33 bits per heavy atom. The van der Waals surface area contributed by atoms with Crippen LogP contribution in [0.3, 0.4) is 0 Å². The maximum absolute atomic E-state index is 8.01. The fourth-order valence-corrected chi connectivity index (χ4v) is 0.739. The van der Waals surface area contributed by atoms with E-state index in [9.17, 15) is 0 Å². The highest BCUT2D eigenvalue weighted by molar-refractivity contribution is 9.09. The summed E-state index contributed by atoms with van der Waals surface area (Å²) in [6.07, 6.45) is 1.77. The molecule has 0 aliphatic rings. The molecule has 0 aromatic heterocycles. The Bertz CT molecular complexity index is 61.8. The smallest absolute Gasteiger partial charge is 0.0736 e. The highest BCUT2D eigenvalue weighted by atomic mass is 79.9. The molecule has 5 heteroatoms. The molecule has 0 rings (SSSR count). The molecule has 0 saturated heterocycles. The molecule has 0 radical (unpaired) electrons. The quantitative estimate of drug-likeness (QED) is 0.397. The van der Waals surface area contributed by atoms with E-state index < -0.39 is 0 Å². The molecule has 0 saturated carbocycles. The Morgan fingerprint density at radius 2 is 2.00 bits per heavy atom. The van der Waals surface area contributed by atoms with E-state index in [0.29, 0.717) is 6.61 Å². The fourth-order valence-electron chi connectivity index (χ4n) is 0.343. The molecular formula is C4H10BrNO3. The van der Waals surface area contributed by atoms with E-state index in [2.05, 4.69) is 20.8 Å². The van der Waals surface area contributed by atoms with Crippen LogP contribution in [0.4, 0.5) is 0 Å². The summed E-state index contributed by atoms with van der Waals surface area (Å²) in [6, 6.07) is 0. The van der Waals surface area contributed by atoms with Crippen molar-refractivity contribution in [2.24, 2.45) is 0 Å². The maximum atomic E-state index is 8.01. The molecule has 4 nitrogen and oxygen atoms in total. The van der Waals surface area contributed by atoms with Gasteiger partial charge in [-0.1, -0.05) is 15.9 Å². The van der Waals surface area contributed by atoms with Crippen molar-refractivity contribution in [3.8, 4) is 0 Å². The van der Waals surface area contributed by atoms with Crippen LogP contribution in [-0.4, -0.2) is 27.7 Å². The van der Waals surface area contributed by atoms with Crippen molar-refractivity contribution in [1.82, 2.24) is 5.39 Å². The van der Waals surface area contributed by atoms with Crippen molar-refractivity contribution in [2.75, 3.05) is 11.9 Å². The molecule has 0 atom stereocenters. The average molecular weight is 200 g/mol. The summed E-state index contributed by atoms with van der Waals surface area (Å²) < 4.78 is 0. The highest BCUT2D eigenvalue weighted by Gasteiger charge is 1.91. The lowest BCUT2D eigenvalue weighted by atomic mass is 10.4. The van der Waals surface area contributed by atoms with Gasteiger partial charge in [-0.25, -0.2) is 0 Å². The fraction of sp³-hybridized carbons (Fsp3) is 1.00. The normalized spacial score (nSPS) is 10.7. The van der Waals surface area contributed by atoms with Gasteiger partial charge in [-0.05, 0) is 12.8 Å². The zero-order valence-electron chi connectivity index (χ0n) is 4.96. The molecule has 0 fully saturated rings. The maximum Gasteiger partial charge on any atom is 0.0736 e. The van der Waals surface area contributed by atoms with Crippen LogP contribution in [0, 0.1) is 0 Å². The number of rotatable bonds is 5. The number of nitrogens with zero attached hydrogens (tertiary/aromatic N) is 1. The molecule has 0 unspecified atom stereocenters. The van der Waals surface area contributed by atoms with Gasteiger partial charge in [0.1, 0.15) is 0 Å². The van der Waals surface area contributed by atoms with Crippen LogP contribution in [0.2, 0.25) is 0 Å². The van der Waals surface area contributed by atoms with Crippen molar-refractivity contribution in [1.29, 1.82) is 0 Å². The summed E-state index contributed by atoms with van der Waals surface area (Å²) in [7, 11) is 0. The van der Waals surface area contributed by atoms with Crippen LogP contribution in [0.1, 0.15) is 12.8 Å². The predicted octanol–water partition coefficient (Wildman–Crippen LogP) is 1.17. The number of hydrogen-bond acceptors (Lipinski definition) is 4. The Labute approximate surface area is 62.0 Å². The first-order chi connectivity index (χ1) is 4.27.